The zero-order valence-corrected chi connectivity index (χ0v) is 63.2. The third-order valence-electron chi connectivity index (χ3n) is 24.1. The van der Waals surface area contributed by atoms with Crippen molar-refractivity contribution in [3.05, 3.63) is 395 Å². The monoisotopic (exact) mass is 1470 g/mol. The van der Waals surface area contributed by atoms with Gasteiger partial charge in [0.2, 0.25) is 0 Å². The molecule has 19 aromatic carbocycles. The maximum Gasteiger partial charge on any atom is 0.160 e. The van der Waals surface area contributed by atoms with Crippen LogP contribution < -0.4 is 0 Å². The summed E-state index contributed by atoms with van der Waals surface area (Å²) in [5, 5.41) is 17.5. The third kappa shape index (κ3) is 10.9. The fourth-order valence-electron chi connectivity index (χ4n) is 18.7. The Hall–Kier alpha value is -15.4. The van der Waals surface area contributed by atoms with Gasteiger partial charge in [-0.15, -0.1) is 0 Å². The lowest BCUT2D eigenvalue weighted by atomic mass is 9.93. The van der Waals surface area contributed by atoms with Gasteiger partial charge in [-0.2, -0.15) is 0 Å². The Labute approximate surface area is 670 Å². The van der Waals surface area contributed by atoms with Gasteiger partial charge in [0.05, 0.1) is 22.4 Å². The summed E-state index contributed by atoms with van der Waals surface area (Å²) in [7, 11) is 2.09. The molecular weight excluding hydrogens is 1410 g/mol. The Balaban J connectivity index is 0.000000103. The van der Waals surface area contributed by atoms with Crippen LogP contribution in [0.5, 0.6) is 0 Å². The van der Waals surface area contributed by atoms with Crippen molar-refractivity contribution in [2.45, 2.75) is 0 Å². The highest BCUT2D eigenvalue weighted by Gasteiger charge is 2.28. The maximum atomic E-state index is 5.16. The molecule has 3 aromatic heterocycles. The number of para-hydroxylation sites is 2. The number of imidazole rings is 1. The summed E-state index contributed by atoms with van der Waals surface area (Å²) in [6.45, 7) is 0. The van der Waals surface area contributed by atoms with Gasteiger partial charge in [-0.25, -0.2) is 24.9 Å². The van der Waals surface area contributed by atoms with Gasteiger partial charge in [0.25, 0.3) is 0 Å². The van der Waals surface area contributed by atoms with Crippen molar-refractivity contribution in [2.75, 3.05) is 0 Å². The Bertz CT molecular complexity index is 7720. The quantitative estimate of drug-likeness (QED) is 0.152. The van der Waals surface area contributed by atoms with E-state index in [0.29, 0.717) is 0 Å². The molecule has 538 valence electrons. The molecule has 0 saturated carbocycles. The third-order valence-corrected chi connectivity index (χ3v) is 24.1. The molecule has 0 aliphatic heterocycles. The molecule has 6 nitrogen and oxygen atoms in total. The molecule has 3 heterocycles. The molecule has 116 heavy (non-hydrogen) atoms. The maximum absolute atomic E-state index is 5.16. The molecule has 0 bridgehead atoms. The number of nitrogens with zero attached hydrogens (tertiary/aromatic N) is 6. The van der Waals surface area contributed by atoms with Gasteiger partial charge in [-0.1, -0.05) is 303 Å². The largest absolute Gasteiger partial charge is 0.327 e. The average Bonchev–Trinajstić information content (AvgIpc) is 1.51. The van der Waals surface area contributed by atoms with Crippen LogP contribution in [0, 0.1) is 0 Å². The Kier molecular flexibility index (Phi) is 15.4. The van der Waals surface area contributed by atoms with E-state index in [-0.39, 0.29) is 0 Å². The molecule has 0 saturated heterocycles. The summed E-state index contributed by atoms with van der Waals surface area (Å²) in [6.07, 6.45) is 3.77. The van der Waals surface area contributed by atoms with Gasteiger partial charge in [-0.05, 0) is 254 Å². The highest BCUT2D eigenvalue weighted by molar-refractivity contribution is 6.23. The molecule has 0 atom stereocenters. The van der Waals surface area contributed by atoms with E-state index < -0.39 is 0 Å². The second kappa shape index (κ2) is 27.0. The normalized spacial score (nSPS) is 11.8. The Morgan fingerprint density at radius 2 is 0.552 bits per heavy atom. The van der Waals surface area contributed by atoms with Crippen LogP contribution in [-0.4, -0.2) is 29.5 Å². The minimum atomic E-state index is 0.746. The summed E-state index contributed by atoms with van der Waals surface area (Å²) in [5.41, 5.74) is 32.5. The smallest absolute Gasteiger partial charge is 0.160 e. The Morgan fingerprint density at radius 1 is 0.198 bits per heavy atom. The van der Waals surface area contributed by atoms with Crippen LogP contribution in [0.3, 0.4) is 0 Å². The number of hydrogen-bond acceptors (Lipinski definition) is 5. The minimum Gasteiger partial charge on any atom is -0.327 e. The van der Waals surface area contributed by atoms with Gasteiger partial charge in [0, 0.05) is 47.3 Å². The van der Waals surface area contributed by atoms with Gasteiger partial charge in [0.15, 0.2) is 11.6 Å². The first-order valence-corrected chi connectivity index (χ1v) is 39.6. The van der Waals surface area contributed by atoms with Crippen LogP contribution in [0.2, 0.25) is 0 Å². The summed E-state index contributed by atoms with van der Waals surface area (Å²) >= 11 is 0. The van der Waals surface area contributed by atoms with Crippen LogP contribution in [0.25, 0.3) is 243 Å². The van der Waals surface area contributed by atoms with E-state index in [1.54, 1.807) is 0 Å². The highest BCUT2D eigenvalue weighted by atomic mass is 15.1. The molecule has 6 heteroatoms. The van der Waals surface area contributed by atoms with E-state index in [9.17, 15) is 0 Å². The second-order valence-electron chi connectivity index (χ2n) is 30.5. The number of benzene rings is 19. The summed E-state index contributed by atoms with van der Waals surface area (Å²) in [5.74, 6) is 2.48. The van der Waals surface area contributed by atoms with Gasteiger partial charge in [-0.3, -0.25) is 0 Å². The average molecular weight is 1470 g/mol. The lowest BCUT2D eigenvalue weighted by molar-refractivity contribution is 0.959. The standard InChI is InChI=1S/C40H24N2.C36H22N2.C34H22N2/c1-2-8-25(9-3-1)28-16-17-30-29(22-28)12-6-13-31(30)38-20-21-41-40(42-38)35-19-18-34-37-24-27-11-5-4-10-26(27)23-36(37)33-15-7-14-32(35)39(33)34;1-2-8-23(9-3-1)24-16-17-26-25(22-24)10-6-13-29(26)34-20-21-37-36(38-34)33-19-18-32-28-12-5-4-11-27(28)30-14-7-15-31(33)35(30)32;1-36-32-15-5-4-14-31(32)35-34(36)24-11-6-10-23(18-24)25-16-17-28-30-20-22-9-3-2-8-21(22)19-29(30)27-13-7-12-26(25)33(27)28/h1-24H;1-22H;2-20H,1H3. The topological polar surface area (TPSA) is 69.4 Å². The lowest BCUT2D eigenvalue weighted by Crippen LogP contribution is -1.94. The Morgan fingerprint density at radius 3 is 1.04 bits per heavy atom. The summed E-state index contributed by atoms with van der Waals surface area (Å²) in [6, 6.07) is 137. The summed E-state index contributed by atoms with van der Waals surface area (Å²) in [4.78, 5) is 24.7. The molecule has 3 aliphatic carbocycles. The molecule has 0 fully saturated rings. The predicted molar refractivity (Wildman–Crippen MR) is 484 cm³/mol. The number of aromatic nitrogens is 6. The second-order valence-corrected chi connectivity index (χ2v) is 30.5. The number of fused-ring (bicyclic) bond motifs is 14. The molecule has 22 aromatic rings. The van der Waals surface area contributed by atoms with Crippen LogP contribution in [-0.2, 0) is 7.05 Å². The first-order valence-electron chi connectivity index (χ1n) is 39.6. The van der Waals surface area contributed by atoms with E-state index in [1.165, 1.54) is 176 Å². The van der Waals surface area contributed by atoms with Crippen molar-refractivity contribution in [1.29, 1.82) is 0 Å². The van der Waals surface area contributed by atoms with Crippen molar-refractivity contribution in [2.24, 2.45) is 7.05 Å². The van der Waals surface area contributed by atoms with Crippen molar-refractivity contribution in [1.82, 2.24) is 29.5 Å². The summed E-state index contributed by atoms with van der Waals surface area (Å²) < 4.78 is 2.18. The van der Waals surface area contributed by atoms with E-state index in [0.717, 1.165) is 67.7 Å². The van der Waals surface area contributed by atoms with Crippen molar-refractivity contribution < 1.29 is 0 Å². The minimum absolute atomic E-state index is 0.746. The van der Waals surface area contributed by atoms with Crippen LogP contribution >= 0.6 is 0 Å². The van der Waals surface area contributed by atoms with E-state index in [1.807, 2.05) is 30.6 Å². The lowest BCUT2D eigenvalue weighted by Gasteiger charge is -2.11. The number of aryl methyl sites for hydroxylation is 1. The zero-order valence-electron chi connectivity index (χ0n) is 63.2. The molecule has 0 N–H and O–H groups in total. The van der Waals surface area contributed by atoms with Crippen LogP contribution in [0.4, 0.5) is 0 Å². The van der Waals surface area contributed by atoms with Crippen molar-refractivity contribution in [3.8, 4) is 157 Å². The number of rotatable bonds is 8. The van der Waals surface area contributed by atoms with Gasteiger partial charge >= 0.3 is 0 Å². The first kappa shape index (κ1) is 66.4. The molecule has 0 amide bonds. The SMILES string of the molecule is Cn1c(-c2cccc(-c3ccc4c5c(cccc35)-c3cc5ccccc5cc3-4)c2)nc2ccccc21.c1ccc(-c2ccc3c(-c4ccnc(-c5ccc6c7c(cccc57)-c5cc7ccccc7cc5-6)n4)cccc3c2)cc1.c1ccc(-c2ccc3c(-c4ccnc(-c5ccc6c7c(cccc57)-c5ccccc5-6)n4)cccc3c2)cc1. The molecule has 0 spiro atoms. The highest BCUT2D eigenvalue weighted by Crippen LogP contribution is 2.54. The molecule has 3 aliphatic rings. The number of hydrogen-bond donors (Lipinski definition) is 0. The first-order chi connectivity index (χ1) is 57.4. The predicted octanol–water partition coefficient (Wildman–Crippen LogP) is 28.9. The molecule has 25 rings (SSSR count). The zero-order chi connectivity index (χ0) is 76.5. The van der Waals surface area contributed by atoms with E-state index >= 15 is 0 Å². The van der Waals surface area contributed by atoms with E-state index in [2.05, 4.69) is 376 Å². The molecule has 0 unspecified atom stereocenters. The van der Waals surface area contributed by atoms with Gasteiger partial charge < -0.3 is 4.57 Å². The van der Waals surface area contributed by atoms with Crippen molar-refractivity contribution in [3.63, 3.8) is 0 Å². The van der Waals surface area contributed by atoms with Gasteiger partial charge in [0.1, 0.15) is 5.82 Å². The fourth-order valence-corrected chi connectivity index (χ4v) is 18.7. The molecule has 0 radical (unpaired) electrons. The van der Waals surface area contributed by atoms with Crippen LogP contribution in [0.1, 0.15) is 0 Å². The van der Waals surface area contributed by atoms with E-state index in [4.69, 9.17) is 24.9 Å². The fraction of sp³-hybridized carbons (Fsp3) is 0.00909. The molecular formula is C110H68N6. The van der Waals surface area contributed by atoms with Crippen molar-refractivity contribution >= 4 is 86.4 Å². The van der Waals surface area contributed by atoms with Crippen LogP contribution in [0.15, 0.2) is 395 Å².